The summed E-state index contributed by atoms with van der Waals surface area (Å²) in [6.07, 6.45) is 7.33. The molecule has 0 saturated heterocycles. The van der Waals surface area contributed by atoms with E-state index in [1.165, 1.54) is 37.0 Å². The first-order valence-corrected chi connectivity index (χ1v) is 8.49. The summed E-state index contributed by atoms with van der Waals surface area (Å²) in [4.78, 5) is 1.22. The van der Waals surface area contributed by atoms with Crippen LogP contribution in [0.3, 0.4) is 0 Å². The first-order chi connectivity index (χ1) is 9.83. The van der Waals surface area contributed by atoms with Crippen LogP contribution < -0.4 is 0 Å². The quantitative estimate of drug-likeness (QED) is 0.832. The molecule has 1 saturated carbocycles. The zero-order chi connectivity index (χ0) is 14.2. The number of rotatable bonds is 5. The molecule has 0 amide bonds. The molecule has 1 fully saturated rings. The molecule has 1 N–H and O–H groups in total. The van der Waals surface area contributed by atoms with E-state index in [9.17, 15) is 0 Å². The van der Waals surface area contributed by atoms with Crippen molar-refractivity contribution in [3.8, 4) is 11.8 Å². The maximum atomic E-state index is 8.76. The fraction of sp³-hybridized carbons (Fsp3) is 0.647. The summed E-state index contributed by atoms with van der Waals surface area (Å²) < 4.78 is 6.10. The zero-order valence-corrected chi connectivity index (χ0v) is 13.0. The summed E-state index contributed by atoms with van der Waals surface area (Å²) in [6, 6.07) is 2.05. The molecule has 1 aliphatic carbocycles. The minimum absolute atomic E-state index is 0.128. The lowest BCUT2D eigenvalue weighted by Gasteiger charge is -2.28. The summed E-state index contributed by atoms with van der Waals surface area (Å²) >= 11 is 1.71. The van der Waals surface area contributed by atoms with E-state index < -0.39 is 0 Å². The fourth-order valence-electron chi connectivity index (χ4n) is 2.73. The van der Waals surface area contributed by atoms with Crippen LogP contribution in [0.1, 0.15) is 55.9 Å². The number of aliphatic hydroxyl groups is 1. The van der Waals surface area contributed by atoms with Gasteiger partial charge in [0.2, 0.25) is 0 Å². The molecule has 1 aromatic heterocycles. The van der Waals surface area contributed by atoms with E-state index in [0.29, 0.717) is 19.1 Å². The SMILES string of the molecule is CCC1CCCC(OCc2sccc2C#CCCO)C1. The van der Waals surface area contributed by atoms with E-state index in [0.717, 1.165) is 11.5 Å². The number of aliphatic hydroxyl groups excluding tert-OH is 1. The van der Waals surface area contributed by atoms with E-state index in [4.69, 9.17) is 9.84 Å². The van der Waals surface area contributed by atoms with Gasteiger partial charge in [-0.25, -0.2) is 0 Å². The largest absolute Gasteiger partial charge is 0.395 e. The lowest BCUT2D eigenvalue weighted by molar-refractivity contribution is 0.00291. The van der Waals surface area contributed by atoms with Crippen LogP contribution in [0.15, 0.2) is 11.4 Å². The summed E-state index contributed by atoms with van der Waals surface area (Å²) in [5.41, 5.74) is 1.06. The molecule has 110 valence electrons. The molecule has 0 aliphatic heterocycles. The van der Waals surface area contributed by atoms with Crippen LogP contribution in [-0.4, -0.2) is 17.8 Å². The lowest BCUT2D eigenvalue weighted by Crippen LogP contribution is -2.22. The molecule has 2 rings (SSSR count). The highest BCUT2D eigenvalue weighted by Crippen LogP contribution is 2.29. The molecule has 2 atom stereocenters. The Morgan fingerprint density at radius 2 is 2.35 bits per heavy atom. The van der Waals surface area contributed by atoms with E-state index >= 15 is 0 Å². The molecular weight excluding hydrogens is 268 g/mol. The van der Waals surface area contributed by atoms with Crippen molar-refractivity contribution in [2.75, 3.05) is 6.61 Å². The molecule has 2 nitrogen and oxygen atoms in total. The molecule has 0 spiro atoms. The van der Waals surface area contributed by atoms with Crippen LogP contribution in [0.5, 0.6) is 0 Å². The Balaban J connectivity index is 1.85. The molecule has 20 heavy (non-hydrogen) atoms. The van der Waals surface area contributed by atoms with Gasteiger partial charge in [-0.05, 0) is 30.2 Å². The Hall–Kier alpha value is -0.820. The van der Waals surface area contributed by atoms with E-state index in [1.807, 2.05) is 6.07 Å². The standard InChI is InChI=1S/C17H24O2S/c1-2-14-6-5-8-16(12-14)19-13-17-15(9-11-20-17)7-3-4-10-18/h9,11,14,16,18H,2,4-6,8,10,12-13H2,1H3. The Bertz CT molecular complexity index is 455. The third kappa shape index (κ3) is 4.63. The van der Waals surface area contributed by atoms with Gasteiger partial charge in [-0.2, -0.15) is 0 Å². The maximum Gasteiger partial charge on any atom is 0.0825 e. The number of hydrogen-bond acceptors (Lipinski definition) is 3. The van der Waals surface area contributed by atoms with Gasteiger partial charge >= 0.3 is 0 Å². The van der Waals surface area contributed by atoms with Crippen LogP contribution >= 0.6 is 11.3 Å². The van der Waals surface area contributed by atoms with Crippen molar-refractivity contribution in [3.63, 3.8) is 0 Å². The first kappa shape index (κ1) is 15.6. The van der Waals surface area contributed by atoms with Gasteiger partial charge in [0.25, 0.3) is 0 Å². The summed E-state index contributed by atoms with van der Waals surface area (Å²) in [5.74, 6) is 6.95. The Morgan fingerprint density at radius 1 is 1.45 bits per heavy atom. The molecule has 3 heteroatoms. The van der Waals surface area contributed by atoms with Crippen molar-refractivity contribution >= 4 is 11.3 Å². The molecule has 1 aromatic rings. The molecule has 0 radical (unpaired) electrons. The van der Waals surface area contributed by atoms with Gasteiger partial charge in [-0.3, -0.25) is 0 Å². The minimum Gasteiger partial charge on any atom is -0.395 e. The van der Waals surface area contributed by atoms with Gasteiger partial charge in [0, 0.05) is 16.9 Å². The van der Waals surface area contributed by atoms with E-state index in [1.54, 1.807) is 11.3 Å². The Labute approximate surface area is 126 Å². The lowest BCUT2D eigenvalue weighted by atomic mass is 9.85. The highest BCUT2D eigenvalue weighted by atomic mass is 32.1. The van der Waals surface area contributed by atoms with Gasteiger partial charge in [0.05, 0.1) is 19.3 Å². The average Bonchev–Trinajstić information content (AvgIpc) is 2.93. The normalized spacial score (nSPS) is 22.3. The van der Waals surface area contributed by atoms with E-state index in [-0.39, 0.29) is 6.61 Å². The van der Waals surface area contributed by atoms with Gasteiger partial charge in [0.15, 0.2) is 0 Å². The van der Waals surface area contributed by atoms with Crippen LogP contribution in [0.4, 0.5) is 0 Å². The van der Waals surface area contributed by atoms with Crippen molar-refractivity contribution in [2.24, 2.45) is 5.92 Å². The second-order valence-corrected chi connectivity index (χ2v) is 6.41. The molecule has 0 bridgehead atoms. The summed E-state index contributed by atoms with van der Waals surface area (Å²) in [7, 11) is 0. The van der Waals surface area contributed by atoms with Crippen LogP contribution in [-0.2, 0) is 11.3 Å². The van der Waals surface area contributed by atoms with Gasteiger partial charge in [-0.1, -0.05) is 38.0 Å². The van der Waals surface area contributed by atoms with Crippen LogP contribution in [0, 0.1) is 17.8 Å². The fourth-order valence-corrected chi connectivity index (χ4v) is 3.49. The second kappa shape index (κ2) is 8.46. The third-order valence-electron chi connectivity index (χ3n) is 3.97. The Kier molecular flexibility index (Phi) is 6.59. The zero-order valence-electron chi connectivity index (χ0n) is 12.2. The summed E-state index contributed by atoms with van der Waals surface area (Å²) in [5, 5.41) is 10.8. The predicted molar refractivity (Wildman–Crippen MR) is 83.7 cm³/mol. The number of thiophene rings is 1. The van der Waals surface area contributed by atoms with Gasteiger partial charge in [-0.15, -0.1) is 11.3 Å². The van der Waals surface area contributed by atoms with Crippen molar-refractivity contribution in [2.45, 2.75) is 58.2 Å². The molecule has 2 unspecified atom stereocenters. The highest BCUT2D eigenvalue weighted by molar-refractivity contribution is 7.10. The topological polar surface area (TPSA) is 29.5 Å². The Morgan fingerprint density at radius 3 is 3.15 bits per heavy atom. The first-order valence-electron chi connectivity index (χ1n) is 7.61. The average molecular weight is 292 g/mol. The highest BCUT2D eigenvalue weighted by Gasteiger charge is 2.21. The smallest absolute Gasteiger partial charge is 0.0825 e. The van der Waals surface area contributed by atoms with Crippen molar-refractivity contribution in [1.29, 1.82) is 0 Å². The molecule has 0 aromatic carbocycles. The summed E-state index contributed by atoms with van der Waals surface area (Å²) in [6.45, 7) is 3.09. The number of hydrogen-bond donors (Lipinski definition) is 1. The van der Waals surface area contributed by atoms with Gasteiger partial charge in [0.1, 0.15) is 0 Å². The molecule has 1 aliphatic rings. The minimum atomic E-state index is 0.128. The van der Waals surface area contributed by atoms with E-state index in [2.05, 4.69) is 24.1 Å². The maximum absolute atomic E-state index is 8.76. The predicted octanol–water partition coefficient (Wildman–Crippen LogP) is 3.97. The van der Waals surface area contributed by atoms with Gasteiger partial charge < -0.3 is 9.84 Å². The number of ether oxygens (including phenoxy) is 1. The van der Waals surface area contributed by atoms with Crippen molar-refractivity contribution in [3.05, 3.63) is 21.9 Å². The van der Waals surface area contributed by atoms with Crippen LogP contribution in [0.2, 0.25) is 0 Å². The van der Waals surface area contributed by atoms with Crippen molar-refractivity contribution < 1.29 is 9.84 Å². The molecular formula is C17H24O2S. The van der Waals surface area contributed by atoms with Crippen LogP contribution in [0.25, 0.3) is 0 Å². The monoisotopic (exact) mass is 292 g/mol. The third-order valence-corrected chi connectivity index (χ3v) is 4.86. The van der Waals surface area contributed by atoms with Crippen molar-refractivity contribution in [1.82, 2.24) is 0 Å². The second-order valence-electron chi connectivity index (χ2n) is 5.41. The molecule has 1 heterocycles.